The molecule has 0 aliphatic carbocycles. The van der Waals surface area contributed by atoms with Gasteiger partial charge in [0.25, 0.3) is 0 Å². The molecule has 0 amide bonds. The van der Waals surface area contributed by atoms with Gasteiger partial charge in [0.15, 0.2) is 0 Å². The zero-order valence-corrected chi connectivity index (χ0v) is 9.97. The smallest absolute Gasteiger partial charge is 0.410 e. The number of carboxylic acids is 1. The highest BCUT2D eigenvalue weighted by Crippen LogP contribution is 2.58. The van der Waals surface area contributed by atoms with Crippen LogP contribution in [-0.2, 0) is 4.79 Å². The number of hydrogen-bond donors (Lipinski definition) is 2. The summed E-state index contributed by atoms with van der Waals surface area (Å²) in [5.74, 6) is -41.2. The van der Waals surface area contributed by atoms with Crippen molar-refractivity contribution < 1.29 is 62.6 Å². The summed E-state index contributed by atoms with van der Waals surface area (Å²) >= 11 is 0. The SMILES string of the molecule is O=C(O)C(F)(F)C(F)(F)C(F)(F)C(F)(F)C(F)(F)C(F)F.[NH4+]. The molecule has 0 rings (SSSR count). The second kappa shape index (κ2) is 5.66. The fraction of sp³-hybridized carbons (Fsp3) is 0.857. The number of halogens is 12. The van der Waals surface area contributed by atoms with E-state index in [-0.39, 0.29) is 6.15 Å². The third kappa shape index (κ3) is 2.65. The number of quaternary nitrogens is 1. The first kappa shape index (κ1) is 22.9. The van der Waals surface area contributed by atoms with E-state index < -0.39 is 42.0 Å². The topological polar surface area (TPSA) is 73.8 Å². The van der Waals surface area contributed by atoms with E-state index >= 15 is 0 Å². The van der Waals surface area contributed by atoms with Crippen molar-refractivity contribution in [1.82, 2.24) is 6.15 Å². The Morgan fingerprint density at radius 2 is 1.05 bits per heavy atom. The first-order valence-electron chi connectivity index (χ1n) is 4.29. The third-order valence-corrected chi connectivity index (χ3v) is 2.14. The number of hydrogen-bond acceptors (Lipinski definition) is 1. The van der Waals surface area contributed by atoms with Crippen molar-refractivity contribution in [2.75, 3.05) is 0 Å². The van der Waals surface area contributed by atoms with Crippen LogP contribution in [0, 0.1) is 0 Å². The number of carbonyl (C=O) groups is 1. The molecule has 134 valence electrons. The van der Waals surface area contributed by atoms with E-state index in [2.05, 4.69) is 0 Å². The number of alkyl halides is 12. The van der Waals surface area contributed by atoms with Crippen LogP contribution in [0.25, 0.3) is 0 Å². The fourth-order valence-electron chi connectivity index (χ4n) is 0.875. The van der Waals surface area contributed by atoms with Gasteiger partial charge in [-0.2, -0.15) is 43.9 Å². The maximum absolute atomic E-state index is 12.6. The third-order valence-electron chi connectivity index (χ3n) is 2.14. The number of aliphatic carboxylic acids is 1. The van der Waals surface area contributed by atoms with Crippen molar-refractivity contribution in [2.45, 2.75) is 36.0 Å². The Morgan fingerprint density at radius 3 is 1.27 bits per heavy atom. The normalized spacial score (nSPS) is 14.8. The molecule has 3 nitrogen and oxygen atoms in total. The Bertz CT molecular complexity index is 420. The van der Waals surface area contributed by atoms with Crippen molar-refractivity contribution in [1.29, 1.82) is 0 Å². The van der Waals surface area contributed by atoms with Gasteiger partial charge in [0.05, 0.1) is 0 Å². The molecule has 22 heavy (non-hydrogen) atoms. The van der Waals surface area contributed by atoms with Gasteiger partial charge >= 0.3 is 42.0 Å². The summed E-state index contributed by atoms with van der Waals surface area (Å²) in [6, 6.07) is 0. The van der Waals surface area contributed by atoms with Gasteiger partial charge in [-0.25, -0.2) is 13.6 Å². The molecular weight excluding hydrogens is 358 g/mol. The highest BCUT2D eigenvalue weighted by atomic mass is 19.4. The summed E-state index contributed by atoms with van der Waals surface area (Å²) in [6.45, 7) is 0. The molecule has 0 unspecified atom stereocenters. The molecule has 0 spiro atoms. The zero-order chi connectivity index (χ0) is 17.7. The molecule has 0 atom stereocenters. The molecule has 5 N–H and O–H groups in total. The van der Waals surface area contributed by atoms with Crippen LogP contribution in [0.2, 0.25) is 0 Å². The van der Waals surface area contributed by atoms with Crippen LogP contribution in [0.3, 0.4) is 0 Å². The molecule has 15 heteroatoms. The minimum Gasteiger partial charge on any atom is -0.477 e. The quantitative estimate of drug-likeness (QED) is 0.702. The van der Waals surface area contributed by atoms with E-state index in [1.165, 1.54) is 0 Å². The second-order valence-electron chi connectivity index (χ2n) is 3.53. The lowest BCUT2D eigenvalue weighted by Gasteiger charge is -2.37. The van der Waals surface area contributed by atoms with Crippen LogP contribution < -0.4 is 6.15 Å². The van der Waals surface area contributed by atoms with Gasteiger partial charge in [-0.3, -0.25) is 0 Å². The fourth-order valence-corrected chi connectivity index (χ4v) is 0.875. The molecule has 0 fully saturated rings. The van der Waals surface area contributed by atoms with Crippen molar-refractivity contribution in [2.24, 2.45) is 0 Å². The molecule has 0 heterocycles. The van der Waals surface area contributed by atoms with Crippen molar-refractivity contribution in [3.63, 3.8) is 0 Å². The summed E-state index contributed by atoms with van der Waals surface area (Å²) in [4.78, 5) is 9.68. The lowest BCUT2D eigenvalue weighted by molar-refractivity contribution is -0.408. The standard InChI is InChI=1S/C7H2F12O2.H3N/c8-1(9)3(10,11)5(14,15)7(18,19)6(16,17)4(12,13)2(20)21;/h1H,(H,20,21);1H3/p+1. The molecule has 0 aromatic rings. The van der Waals surface area contributed by atoms with Crippen LogP contribution in [0.5, 0.6) is 0 Å². The molecule has 0 aliphatic heterocycles. The van der Waals surface area contributed by atoms with Crippen LogP contribution in [0.1, 0.15) is 0 Å². The van der Waals surface area contributed by atoms with E-state index in [0.29, 0.717) is 0 Å². The van der Waals surface area contributed by atoms with Crippen molar-refractivity contribution in [3.8, 4) is 0 Å². The Morgan fingerprint density at radius 1 is 0.727 bits per heavy atom. The van der Waals surface area contributed by atoms with Crippen LogP contribution in [-0.4, -0.2) is 47.1 Å². The lowest BCUT2D eigenvalue weighted by atomic mass is 9.94. The van der Waals surface area contributed by atoms with E-state index in [4.69, 9.17) is 5.11 Å². The average Bonchev–Trinajstić information content (AvgIpc) is 2.27. The minimum absolute atomic E-state index is 0. The van der Waals surface area contributed by atoms with Crippen molar-refractivity contribution >= 4 is 5.97 Å². The Hall–Kier alpha value is -1.41. The predicted molar refractivity (Wildman–Crippen MR) is 44.4 cm³/mol. The first-order valence-corrected chi connectivity index (χ1v) is 4.29. The largest absolute Gasteiger partial charge is 0.477 e. The number of rotatable bonds is 6. The van der Waals surface area contributed by atoms with Gasteiger partial charge in [-0.15, -0.1) is 0 Å². The predicted octanol–water partition coefficient (Wildman–Crippen LogP) is 3.89. The van der Waals surface area contributed by atoms with Gasteiger partial charge in [0, 0.05) is 0 Å². The Labute approximate surface area is 112 Å². The monoisotopic (exact) mass is 364 g/mol. The summed E-state index contributed by atoms with van der Waals surface area (Å²) in [6.07, 6.45) is -5.62. The highest BCUT2D eigenvalue weighted by molar-refractivity contribution is 5.77. The minimum atomic E-state index is -7.80. The maximum atomic E-state index is 12.6. The molecule has 0 saturated heterocycles. The molecular formula is C7H6F12NO2+. The van der Waals surface area contributed by atoms with Gasteiger partial charge < -0.3 is 11.3 Å². The van der Waals surface area contributed by atoms with E-state index in [1.807, 2.05) is 0 Å². The van der Waals surface area contributed by atoms with E-state index in [0.717, 1.165) is 0 Å². The Balaban J connectivity index is 0. The first-order chi connectivity index (χ1) is 8.89. The summed E-state index contributed by atoms with van der Waals surface area (Å²) < 4.78 is 148. The molecule has 0 radical (unpaired) electrons. The number of carboxylic acid groups (broad SMARTS) is 1. The van der Waals surface area contributed by atoms with Gasteiger partial charge in [-0.1, -0.05) is 0 Å². The van der Waals surface area contributed by atoms with E-state index in [9.17, 15) is 57.5 Å². The highest BCUT2D eigenvalue weighted by Gasteiger charge is 2.89. The van der Waals surface area contributed by atoms with Gasteiger partial charge in [-0.05, 0) is 0 Å². The van der Waals surface area contributed by atoms with Crippen molar-refractivity contribution in [3.05, 3.63) is 0 Å². The van der Waals surface area contributed by atoms with Gasteiger partial charge in [0.1, 0.15) is 0 Å². The Kier molecular flexibility index (Phi) is 5.88. The second-order valence-corrected chi connectivity index (χ2v) is 3.53. The molecule has 0 aliphatic rings. The molecule has 0 bridgehead atoms. The summed E-state index contributed by atoms with van der Waals surface area (Å²) in [7, 11) is 0. The lowest BCUT2D eigenvalue weighted by Crippen LogP contribution is -2.69. The maximum Gasteiger partial charge on any atom is 0.410 e. The average molecular weight is 364 g/mol. The molecule has 0 saturated carbocycles. The van der Waals surface area contributed by atoms with E-state index in [1.54, 1.807) is 0 Å². The molecule has 0 aromatic heterocycles. The van der Waals surface area contributed by atoms with Gasteiger partial charge in [0.2, 0.25) is 0 Å². The van der Waals surface area contributed by atoms with Crippen LogP contribution in [0.4, 0.5) is 52.7 Å². The van der Waals surface area contributed by atoms with Crippen LogP contribution in [0.15, 0.2) is 0 Å². The summed E-state index contributed by atoms with van der Waals surface area (Å²) in [5, 5.41) is 7.57. The zero-order valence-electron chi connectivity index (χ0n) is 9.97. The van der Waals surface area contributed by atoms with Crippen LogP contribution >= 0.6 is 0 Å². The summed E-state index contributed by atoms with van der Waals surface area (Å²) in [5.41, 5.74) is 0. The molecule has 0 aromatic carbocycles.